The number of rotatable bonds is 4. The van der Waals surface area contributed by atoms with E-state index in [1.807, 2.05) is 0 Å². The fraction of sp³-hybridized carbons (Fsp3) is 0.429. The Morgan fingerprint density at radius 2 is 1.81 bits per heavy atom. The van der Waals surface area contributed by atoms with Crippen LogP contribution in [0.2, 0.25) is 0 Å². The number of hydrogen-bond acceptors (Lipinski definition) is 4. The maximum atomic E-state index is 12.2. The van der Waals surface area contributed by atoms with E-state index < -0.39 is 10.9 Å². The SMILES string of the molecule is O=C(O)CC1CCN(C(=O)c2ccc([N+](=O)[O-])cc2)CC1. The molecule has 1 aliphatic rings. The van der Waals surface area contributed by atoms with Crippen LogP contribution in [0, 0.1) is 16.0 Å². The fourth-order valence-electron chi connectivity index (χ4n) is 2.50. The van der Waals surface area contributed by atoms with E-state index in [2.05, 4.69) is 0 Å². The minimum Gasteiger partial charge on any atom is -0.481 e. The van der Waals surface area contributed by atoms with Crippen molar-refractivity contribution in [2.24, 2.45) is 5.92 Å². The molecule has 21 heavy (non-hydrogen) atoms. The minimum atomic E-state index is -0.810. The normalized spacial score (nSPS) is 15.7. The zero-order valence-corrected chi connectivity index (χ0v) is 11.4. The zero-order valence-electron chi connectivity index (χ0n) is 11.4. The van der Waals surface area contributed by atoms with Gasteiger partial charge < -0.3 is 10.0 Å². The van der Waals surface area contributed by atoms with Gasteiger partial charge in [0.05, 0.1) is 4.92 Å². The molecule has 1 amide bonds. The minimum absolute atomic E-state index is 0.0493. The van der Waals surface area contributed by atoms with Gasteiger partial charge in [-0.2, -0.15) is 0 Å². The Balaban J connectivity index is 1.95. The van der Waals surface area contributed by atoms with Crippen molar-refractivity contribution in [2.75, 3.05) is 13.1 Å². The van der Waals surface area contributed by atoms with Crippen molar-refractivity contribution >= 4 is 17.6 Å². The van der Waals surface area contributed by atoms with Gasteiger partial charge in [0, 0.05) is 37.2 Å². The van der Waals surface area contributed by atoms with E-state index >= 15 is 0 Å². The van der Waals surface area contributed by atoms with Crippen molar-refractivity contribution in [2.45, 2.75) is 19.3 Å². The average Bonchev–Trinajstić information content (AvgIpc) is 2.47. The summed E-state index contributed by atoms with van der Waals surface area (Å²) >= 11 is 0. The van der Waals surface area contributed by atoms with Crippen LogP contribution in [0.1, 0.15) is 29.6 Å². The molecular formula is C14H16N2O5. The number of amides is 1. The van der Waals surface area contributed by atoms with Crippen molar-refractivity contribution in [3.8, 4) is 0 Å². The van der Waals surface area contributed by atoms with Crippen molar-refractivity contribution < 1.29 is 19.6 Å². The Morgan fingerprint density at radius 1 is 1.24 bits per heavy atom. The standard InChI is InChI=1S/C14H16N2O5/c17-13(18)9-10-5-7-15(8-6-10)14(19)11-1-3-12(4-2-11)16(20)21/h1-4,10H,5-9H2,(H,17,18). The summed E-state index contributed by atoms with van der Waals surface area (Å²) in [6.45, 7) is 1.04. The lowest BCUT2D eigenvalue weighted by molar-refractivity contribution is -0.384. The second kappa shape index (κ2) is 6.34. The predicted octanol–water partition coefficient (Wildman–Crippen LogP) is 1.92. The van der Waals surface area contributed by atoms with Crippen LogP contribution >= 0.6 is 0 Å². The number of nitrogens with zero attached hydrogens (tertiary/aromatic N) is 2. The maximum Gasteiger partial charge on any atom is 0.303 e. The van der Waals surface area contributed by atoms with Crippen LogP contribution in [-0.2, 0) is 4.79 Å². The number of piperidine rings is 1. The van der Waals surface area contributed by atoms with Crippen molar-refractivity contribution in [3.05, 3.63) is 39.9 Å². The fourth-order valence-corrected chi connectivity index (χ4v) is 2.50. The number of nitro benzene ring substituents is 1. The van der Waals surface area contributed by atoms with E-state index in [1.165, 1.54) is 24.3 Å². The van der Waals surface area contributed by atoms with Gasteiger partial charge in [-0.05, 0) is 30.9 Å². The molecule has 1 fully saturated rings. The first-order chi connectivity index (χ1) is 9.97. The molecule has 1 heterocycles. The highest BCUT2D eigenvalue weighted by molar-refractivity contribution is 5.94. The van der Waals surface area contributed by atoms with Crippen LogP contribution in [0.5, 0.6) is 0 Å². The molecule has 7 heteroatoms. The van der Waals surface area contributed by atoms with E-state index in [4.69, 9.17) is 5.11 Å². The number of hydrogen-bond donors (Lipinski definition) is 1. The third-order valence-corrected chi connectivity index (χ3v) is 3.69. The average molecular weight is 292 g/mol. The van der Waals surface area contributed by atoms with Crippen LogP contribution in [0.25, 0.3) is 0 Å². The van der Waals surface area contributed by atoms with E-state index in [0.717, 1.165) is 0 Å². The number of carbonyl (C=O) groups is 2. The van der Waals surface area contributed by atoms with E-state index in [-0.39, 0.29) is 23.9 Å². The van der Waals surface area contributed by atoms with Crippen LogP contribution in [-0.4, -0.2) is 39.9 Å². The van der Waals surface area contributed by atoms with Gasteiger partial charge in [0.2, 0.25) is 0 Å². The summed E-state index contributed by atoms with van der Waals surface area (Å²) in [6, 6.07) is 5.52. The van der Waals surface area contributed by atoms with Crippen molar-refractivity contribution in [1.82, 2.24) is 4.90 Å². The molecule has 0 saturated carbocycles. The maximum absolute atomic E-state index is 12.2. The molecule has 0 unspecified atom stereocenters. The van der Waals surface area contributed by atoms with Gasteiger partial charge in [-0.1, -0.05) is 0 Å². The number of aliphatic carboxylic acids is 1. The molecule has 2 rings (SSSR count). The topological polar surface area (TPSA) is 101 Å². The van der Waals surface area contributed by atoms with E-state index in [1.54, 1.807) is 4.90 Å². The highest BCUT2D eigenvalue weighted by atomic mass is 16.6. The molecule has 0 bridgehead atoms. The molecule has 0 aliphatic carbocycles. The quantitative estimate of drug-likeness (QED) is 0.675. The summed E-state index contributed by atoms with van der Waals surface area (Å²) in [5.41, 5.74) is 0.365. The number of carboxylic acids is 1. The molecule has 1 N–H and O–H groups in total. The molecule has 0 radical (unpaired) electrons. The van der Waals surface area contributed by atoms with Gasteiger partial charge in [-0.25, -0.2) is 0 Å². The van der Waals surface area contributed by atoms with Crippen LogP contribution in [0.3, 0.4) is 0 Å². The van der Waals surface area contributed by atoms with E-state index in [9.17, 15) is 19.7 Å². The van der Waals surface area contributed by atoms with Crippen LogP contribution in [0.15, 0.2) is 24.3 Å². The Kier molecular flexibility index (Phi) is 4.52. The lowest BCUT2D eigenvalue weighted by Gasteiger charge is -2.31. The second-order valence-corrected chi connectivity index (χ2v) is 5.14. The summed E-state index contributed by atoms with van der Waals surface area (Å²) in [5, 5.41) is 19.3. The largest absolute Gasteiger partial charge is 0.481 e. The van der Waals surface area contributed by atoms with Gasteiger partial charge in [0.15, 0.2) is 0 Å². The molecule has 112 valence electrons. The molecule has 0 aromatic heterocycles. The molecule has 1 aliphatic heterocycles. The second-order valence-electron chi connectivity index (χ2n) is 5.14. The smallest absolute Gasteiger partial charge is 0.303 e. The van der Waals surface area contributed by atoms with Crippen LogP contribution < -0.4 is 0 Å². The first-order valence-electron chi connectivity index (χ1n) is 6.73. The molecule has 1 aromatic rings. The predicted molar refractivity (Wildman–Crippen MR) is 74.0 cm³/mol. The first-order valence-corrected chi connectivity index (χ1v) is 6.73. The first kappa shape index (κ1) is 15.0. The van der Waals surface area contributed by atoms with Crippen molar-refractivity contribution in [3.63, 3.8) is 0 Å². The van der Waals surface area contributed by atoms with Gasteiger partial charge in [-0.3, -0.25) is 19.7 Å². The van der Waals surface area contributed by atoms with Crippen molar-refractivity contribution in [1.29, 1.82) is 0 Å². The van der Waals surface area contributed by atoms with Gasteiger partial charge in [0.1, 0.15) is 0 Å². The molecule has 1 aromatic carbocycles. The zero-order chi connectivity index (χ0) is 15.4. The third-order valence-electron chi connectivity index (χ3n) is 3.69. The molecule has 1 saturated heterocycles. The highest BCUT2D eigenvalue weighted by Gasteiger charge is 2.25. The molecular weight excluding hydrogens is 276 g/mol. The summed E-state index contributed by atoms with van der Waals surface area (Å²) in [5.74, 6) is -0.864. The van der Waals surface area contributed by atoms with Crippen LogP contribution in [0.4, 0.5) is 5.69 Å². The van der Waals surface area contributed by atoms with Gasteiger partial charge >= 0.3 is 5.97 Å². The molecule has 7 nitrogen and oxygen atoms in total. The Morgan fingerprint density at radius 3 is 2.29 bits per heavy atom. The highest BCUT2D eigenvalue weighted by Crippen LogP contribution is 2.22. The summed E-state index contributed by atoms with van der Waals surface area (Å²) in [6.07, 6.45) is 1.48. The summed E-state index contributed by atoms with van der Waals surface area (Å²) in [7, 11) is 0. The number of carbonyl (C=O) groups excluding carboxylic acids is 1. The monoisotopic (exact) mass is 292 g/mol. The van der Waals surface area contributed by atoms with Gasteiger partial charge in [0.25, 0.3) is 11.6 Å². The third kappa shape index (κ3) is 3.77. The lowest BCUT2D eigenvalue weighted by atomic mass is 9.93. The lowest BCUT2D eigenvalue weighted by Crippen LogP contribution is -2.38. The number of nitro groups is 1. The number of non-ortho nitro benzene ring substituents is 1. The Hall–Kier alpha value is -2.44. The number of carboxylic acid groups (broad SMARTS) is 1. The van der Waals surface area contributed by atoms with Gasteiger partial charge in [-0.15, -0.1) is 0 Å². The number of benzene rings is 1. The number of likely N-dealkylation sites (tertiary alicyclic amines) is 1. The Labute approximate surface area is 121 Å². The molecule has 0 atom stereocenters. The summed E-state index contributed by atoms with van der Waals surface area (Å²) < 4.78 is 0. The van der Waals surface area contributed by atoms with E-state index in [0.29, 0.717) is 31.5 Å². The molecule has 0 spiro atoms. The Bertz CT molecular complexity index is 547. The summed E-state index contributed by atoms with van der Waals surface area (Å²) in [4.78, 5) is 34.6.